The van der Waals surface area contributed by atoms with Crippen LogP contribution in [0.25, 0.3) is 5.57 Å². The van der Waals surface area contributed by atoms with Gasteiger partial charge >= 0.3 is 0 Å². The van der Waals surface area contributed by atoms with Crippen LogP contribution < -0.4 is 5.32 Å². The van der Waals surface area contributed by atoms with E-state index < -0.39 is 0 Å². The Bertz CT molecular complexity index is 543. The highest BCUT2D eigenvalue weighted by Crippen LogP contribution is 2.45. The predicted molar refractivity (Wildman–Crippen MR) is 104 cm³/mol. The Morgan fingerprint density at radius 2 is 1.62 bits per heavy atom. The minimum Gasteiger partial charge on any atom is -0.252 e. The summed E-state index contributed by atoms with van der Waals surface area (Å²) in [5.74, 6) is 0.728. The SMILES string of the molecule is CCCCCCCCCCCC1CCCC2=C1[N]c1ccccc12. The summed E-state index contributed by atoms with van der Waals surface area (Å²) in [5.41, 5.74) is 5.66. The Morgan fingerprint density at radius 1 is 0.917 bits per heavy atom. The summed E-state index contributed by atoms with van der Waals surface area (Å²) < 4.78 is 0. The third-order valence-corrected chi connectivity index (χ3v) is 5.80. The molecule has 1 aliphatic heterocycles. The fraction of sp³-hybridized carbons (Fsp3) is 0.652. The number of nitrogens with zero attached hydrogens (tertiary/aromatic N) is 1. The van der Waals surface area contributed by atoms with Crippen LogP contribution in [0.4, 0.5) is 5.69 Å². The van der Waals surface area contributed by atoms with E-state index in [1.54, 1.807) is 5.57 Å². The van der Waals surface area contributed by atoms with Gasteiger partial charge in [-0.3, -0.25) is 5.32 Å². The first-order chi connectivity index (χ1) is 11.9. The molecule has 1 aromatic carbocycles. The average Bonchev–Trinajstić information content (AvgIpc) is 3.00. The molecule has 131 valence electrons. The number of hydrogen-bond acceptors (Lipinski definition) is 0. The van der Waals surface area contributed by atoms with Crippen LogP contribution in [-0.4, -0.2) is 0 Å². The molecule has 1 aromatic rings. The van der Waals surface area contributed by atoms with Gasteiger partial charge in [-0.1, -0.05) is 82.9 Å². The fourth-order valence-electron chi connectivity index (χ4n) is 4.41. The largest absolute Gasteiger partial charge is 0.252 e. The number of benzene rings is 1. The zero-order valence-corrected chi connectivity index (χ0v) is 15.5. The maximum Gasteiger partial charge on any atom is 0.0708 e. The lowest BCUT2D eigenvalue weighted by atomic mass is 9.83. The van der Waals surface area contributed by atoms with E-state index >= 15 is 0 Å². The zero-order chi connectivity index (χ0) is 16.6. The molecule has 1 heteroatoms. The van der Waals surface area contributed by atoms with Gasteiger partial charge in [-0.25, -0.2) is 0 Å². The van der Waals surface area contributed by atoms with Crippen LogP contribution in [0.5, 0.6) is 0 Å². The van der Waals surface area contributed by atoms with Crippen LogP contribution in [-0.2, 0) is 0 Å². The maximum atomic E-state index is 4.99. The first-order valence-electron chi connectivity index (χ1n) is 10.4. The van der Waals surface area contributed by atoms with E-state index in [-0.39, 0.29) is 0 Å². The third-order valence-electron chi connectivity index (χ3n) is 5.80. The van der Waals surface area contributed by atoms with Crippen molar-refractivity contribution in [2.24, 2.45) is 5.92 Å². The molecule has 0 amide bonds. The Hall–Kier alpha value is -1.24. The molecule has 0 aromatic heterocycles. The van der Waals surface area contributed by atoms with Gasteiger partial charge in [0.15, 0.2) is 0 Å². The van der Waals surface area contributed by atoms with E-state index in [1.165, 1.54) is 100 Å². The van der Waals surface area contributed by atoms with Gasteiger partial charge < -0.3 is 0 Å². The molecule has 2 aliphatic rings. The average molecular weight is 325 g/mol. The molecule has 24 heavy (non-hydrogen) atoms. The number of para-hydroxylation sites is 1. The molecular formula is C23H34N. The van der Waals surface area contributed by atoms with Crippen LogP contribution in [0.1, 0.15) is 96.0 Å². The van der Waals surface area contributed by atoms with Crippen molar-refractivity contribution in [2.75, 3.05) is 0 Å². The van der Waals surface area contributed by atoms with Crippen LogP contribution >= 0.6 is 0 Å². The van der Waals surface area contributed by atoms with Crippen molar-refractivity contribution in [1.29, 1.82) is 0 Å². The second kappa shape index (κ2) is 9.30. The lowest BCUT2D eigenvalue weighted by molar-refractivity contribution is 0.441. The van der Waals surface area contributed by atoms with Crippen LogP contribution in [0.15, 0.2) is 30.0 Å². The summed E-state index contributed by atoms with van der Waals surface area (Å²) in [6.45, 7) is 2.29. The van der Waals surface area contributed by atoms with Gasteiger partial charge in [0.05, 0.1) is 5.69 Å². The van der Waals surface area contributed by atoms with Gasteiger partial charge in [0.1, 0.15) is 0 Å². The van der Waals surface area contributed by atoms with Crippen molar-refractivity contribution < 1.29 is 0 Å². The topological polar surface area (TPSA) is 14.1 Å². The molecule has 1 unspecified atom stereocenters. The molecule has 0 N–H and O–H groups in total. The van der Waals surface area contributed by atoms with Gasteiger partial charge in [-0.2, -0.15) is 0 Å². The van der Waals surface area contributed by atoms with Gasteiger partial charge in [0, 0.05) is 17.2 Å². The number of fused-ring (bicyclic) bond motifs is 2. The van der Waals surface area contributed by atoms with Gasteiger partial charge in [0.2, 0.25) is 0 Å². The Labute approximate surface area is 148 Å². The van der Waals surface area contributed by atoms with Crippen LogP contribution in [0, 0.1) is 5.92 Å². The van der Waals surface area contributed by atoms with E-state index in [1.807, 2.05) is 0 Å². The van der Waals surface area contributed by atoms with Crippen LogP contribution in [0.2, 0.25) is 0 Å². The normalized spacial score (nSPS) is 19.1. The second-order valence-electron chi connectivity index (χ2n) is 7.70. The third kappa shape index (κ3) is 4.43. The second-order valence-corrected chi connectivity index (χ2v) is 7.70. The van der Waals surface area contributed by atoms with Crippen molar-refractivity contribution >= 4 is 11.3 Å². The highest BCUT2D eigenvalue weighted by atomic mass is 14.9. The smallest absolute Gasteiger partial charge is 0.0708 e. The lowest BCUT2D eigenvalue weighted by Gasteiger charge is -2.24. The van der Waals surface area contributed by atoms with Gasteiger partial charge in [-0.15, -0.1) is 0 Å². The first kappa shape index (κ1) is 17.6. The number of unbranched alkanes of at least 4 members (excludes halogenated alkanes) is 8. The van der Waals surface area contributed by atoms with E-state index in [4.69, 9.17) is 5.32 Å². The first-order valence-corrected chi connectivity index (χ1v) is 10.4. The van der Waals surface area contributed by atoms with Crippen molar-refractivity contribution in [2.45, 2.75) is 90.4 Å². The number of rotatable bonds is 10. The maximum absolute atomic E-state index is 4.99. The molecule has 0 saturated carbocycles. The minimum absolute atomic E-state index is 0.728. The van der Waals surface area contributed by atoms with Crippen molar-refractivity contribution in [3.05, 3.63) is 35.5 Å². The molecular weight excluding hydrogens is 290 g/mol. The van der Waals surface area contributed by atoms with Gasteiger partial charge in [0.25, 0.3) is 0 Å². The standard InChI is InChI=1S/C23H34N/c1-2-3-4-5-6-7-8-9-10-14-19-15-13-17-21-20-16-11-12-18-22(20)24-23(19)21/h11-12,16,18-19H,2-10,13-15,17H2,1H3. The molecule has 1 radical (unpaired) electrons. The lowest BCUT2D eigenvalue weighted by Crippen LogP contribution is -2.13. The highest BCUT2D eigenvalue weighted by molar-refractivity contribution is 5.82. The fourth-order valence-corrected chi connectivity index (χ4v) is 4.41. The van der Waals surface area contributed by atoms with Crippen molar-refractivity contribution in [1.82, 2.24) is 5.32 Å². The van der Waals surface area contributed by atoms with E-state index in [2.05, 4.69) is 31.2 Å². The molecule has 3 rings (SSSR count). The molecule has 1 atom stereocenters. The Kier molecular flexibility index (Phi) is 6.81. The monoisotopic (exact) mass is 324 g/mol. The summed E-state index contributed by atoms with van der Waals surface area (Å²) in [4.78, 5) is 0. The van der Waals surface area contributed by atoms with Crippen molar-refractivity contribution in [3.63, 3.8) is 0 Å². The summed E-state index contributed by atoms with van der Waals surface area (Å²) in [6.07, 6.45) is 18.1. The number of hydrogen-bond donors (Lipinski definition) is 0. The molecule has 1 aliphatic carbocycles. The predicted octanol–water partition coefficient (Wildman–Crippen LogP) is 7.37. The molecule has 0 saturated heterocycles. The molecule has 0 spiro atoms. The summed E-state index contributed by atoms with van der Waals surface area (Å²) in [7, 11) is 0. The van der Waals surface area contributed by atoms with E-state index in [0.29, 0.717) is 0 Å². The van der Waals surface area contributed by atoms with Gasteiger partial charge in [-0.05, 0) is 37.3 Å². The van der Waals surface area contributed by atoms with Crippen LogP contribution in [0.3, 0.4) is 0 Å². The van der Waals surface area contributed by atoms with Crippen molar-refractivity contribution in [3.8, 4) is 0 Å². The molecule has 0 fully saturated rings. The number of allylic oxidation sites excluding steroid dienone is 2. The molecule has 1 heterocycles. The quantitative estimate of drug-likeness (QED) is 0.399. The summed E-state index contributed by atoms with van der Waals surface area (Å²) in [5, 5.41) is 4.99. The Balaban J connectivity index is 1.37. The van der Waals surface area contributed by atoms with E-state index in [0.717, 1.165) is 5.92 Å². The Morgan fingerprint density at radius 3 is 2.42 bits per heavy atom. The minimum atomic E-state index is 0.728. The summed E-state index contributed by atoms with van der Waals surface area (Å²) in [6, 6.07) is 8.73. The zero-order valence-electron chi connectivity index (χ0n) is 15.5. The summed E-state index contributed by atoms with van der Waals surface area (Å²) >= 11 is 0. The molecule has 1 nitrogen and oxygen atoms in total. The highest BCUT2D eigenvalue weighted by Gasteiger charge is 2.30. The molecule has 0 bridgehead atoms. The van der Waals surface area contributed by atoms with E-state index in [9.17, 15) is 0 Å².